The molecule has 1 aliphatic heterocycles. The van der Waals surface area contributed by atoms with Gasteiger partial charge in [0.25, 0.3) is 0 Å². The maximum absolute atomic E-state index is 12.5. The van der Waals surface area contributed by atoms with Crippen LogP contribution >= 0.6 is 11.6 Å². The molecular weight excluding hydrogens is 480 g/mol. The van der Waals surface area contributed by atoms with E-state index in [0.29, 0.717) is 46.9 Å². The SMILES string of the molecule is CCN1C(=O)CCCc2cc(Nc3ncc(Cl)c(Nc4ccc(N(C)C)cc4OC)n3)c(OC)cc21. The summed E-state index contributed by atoms with van der Waals surface area (Å²) in [6.45, 7) is 2.58. The molecule has 0 bridgehead atoms. The lowest BCUT2D eigenvalue weighted by atomic mass is 10.1. The third kappa shape index (κ3) is 5.26. The van der Waals surface area contributed by atoms with Crippen molar-refractivity contribution >= 4 is 52.0 Å². The Morgan fingerprint density at radius 2 is 1.81 bits per heavy atom. The van der Waals surface area contributed by atoms with Crippen LogP contribution in [0.1, 0.15) is 25.3 Å². The van der Waals surface area contributed by atoms with Crippen molar-refractivity contribution in [2.45, 2.75) is 26.2 Å². The highest BCUT2D eigenvalue weighted by atomic mass is 35.5. The van der Waals surface area contributed by atoms with Crippen LogP contribution in [0.2, 0.25) is 5.02 Å². The first-order valence-corrected chi connectivity index (χ1v) is 12.2. The second-order valence-electron chi connectivity index (χ2n) is 8.59. The summed E-state index contributed by atoms with van der Waals surface area (Å²) >= 11 is 6.42. The minimum Gasteiger partial charge on any atom is -0.494 e. The first-order chi connectivity index (χ1) is 17.3. The third-order valence-electron chi connectivity index (χ3n) is 6.09. The molecule has 3 aromatic rings. The molecule has 0 saturated carbocycles. The Labute approximate surface area is 216 Å². The second-order valence-corrected chi connectivity index (χ2v) is 9.00. The van der Waals surface area contributed by atoms with Crippen LogP contribution in [-0.4, -0.2) is 50.7 Å². The number of rotatable bonds is 8. The maximum atomic E-state index is 12.5. The van der Waals surface area contributed by atoms with Gasteiger partial charge in [-0.2, -0.15) is 4.98 Å². The van der Waals surface area contributed by atoms with E-state index in [1.54, 1.807) is 14.2 Å². The first-order valence-electron chi connectivity index (χ1n) is 11.8. The topological polar surface area (TPSA) is 91.9 Å². The average molecular weight is 511 g/mol. The third-order valence-corrected chi connectivity index (χ3v) is 6.37. The smallest absolute Gasteiger partial charge is 0.229 e. The zero-order valence-corrected chi connectivity index (χ0v) is 21.9. The molecule has 0 radical (unpaired) electrons. The van der Waals surface area contributed by atoms with Crippen LogP contribution in [0.25, 0.3) is 0 Å². The molecule has 0 spiro atoms. The second kappa shape index (κ2) is 10.9. The Morgan fingerprint density at radius 3 is 2.50 bits per heavy atom. The summed E-state index contributed by atoms with van der Waals surface area (Å²) in [6, 6.07) is 9.72. The van der Waals surface area contributed by atoms with Gasteiger partial charge in [0, 0.05) is 44.9 Å². The number of aryl methyl sites for hydroxylation is 1. The van der Waals surface area contributed by atoms with E-state index in [4.69, 9.17) is 21.1 Å². The van der Waals surface area contributed by atoms with Crippen LogP contribution < -0.4 is 29.9 Å². The summed E-state index contributed by atoms with van der Waals surface area (Å²) < 4.78 is 11.2. The summed E-state index contributed by atoms with van der Waals surface area (Å²) in [4.78, 5) is 25.3. The molecule has 0 fully saturated rings. The summed E-state index contributed by atoms with van der Waals surface area (Å²) in [5.41, 5.74) is 4.40. The van der Waals surface area contributed by atoms with Crippen LogP contribution in [0, 0.1) is 0 Å². The van der Waals surface area contributed by atoms with E-state index in [2.05, 4.69) is 20.6 Å². The van der Waals surface area contributed by atoms with Crippen molar-refractivity contribution in [1.29, 1.82) is 0 Å². The summed E-state index contributed by atoms with van der Waals surface area (Å²) in [5.74, 6) is 2.16. The molecule has 36 heavy (non-hydrogen) atoms. The van der Waals surface area contributed by atoms with Gasteiger partial charge in [0.15, 0.2) is 5.82 Å². The number of aromatic nitrogens is 2. The van der Waals surface area contributed by atoms with E-state index < -0.39 is 0 Å². The molecule has 10 heteroatoms. The molecular formula is C26H31ClN6O3. The number of carbonyl (C=O) groups is 1. The summed E-state index contributed by atoms with van der Waals surface area (Å²) in [7, 11) is 7.15. The fourth-order valence-corrected chi connectivity index (χ4v) is 4.34. The number of nitrogens with zero attached hydrogens (tertiary/aromatic N) is 4. The number of fused-ring (bicyclic) bond motifs is 1. The van der Waals surface area contributed by atoms with Gasteiger partial charge in [-0.1, -0.05) is 11.6 Å². The zero-order chi connectivity index (χ0) is 25.8. The number of anilines is 6. The van der Waals surface area contributed by atoms with Gasteiger partial charge in [0.1, 0.15) is 16.5 Å². The number of methoxy groups -OCH3 is 2. The van der Waals surface area contributed by atoms with Crippen LogP contribution in [0.5, 0.6) is 11.5 Å². The Kier molecular flexibility index (Phi) is 7.69. The van der Waals surface area contributed by atoms with Crippen molar-refractivity contribution in [1.82, 2.24) is 9.97 Å². The number of ether oxygens (including phenoxy) is 2. The number of hydrogen-bond donors (Lipinski definition) is 2. The van der Waals surface area contributed by atoms with Crippen molar-refractivity contribution in [3.63, 3.8) is 0 Å². The molecule has 0 saturated heterocycles. The minimum absolute atomic E-state index is 0.129. The molecule has 1 aromatic heterocycles. The lowest BCUT2D eigenvalue weighted by Crippen LogP contribution is -2.29. The van der Waals surface area contributed by atoms with Crippen molar-refractivity contribution < 1.29 is 14.3 Å². The van der Waals surface area contributed by atoms with Gasteiger partial charge in [0.2, 0.25) is 11.9 Å². The fourth-order valence-electron chi connectivity index (χ4n) is 4.20. The van der Waals surface area contributed by atoms with Crippen LogP contribution in [0.15, 0.2) is 36.5 Å². The standard InChI is InChI=1S/C26H31ClN6O3/c1-6-33-21-14-23(36-5)20(12-16(21)8-7-9-24(33)34)30-26-28-15-18(27)25(31-26)29-19-11-10-17(32(2)3)13-22(19)35-4/h10-15H,6-9H2,1-5H3,(H2,28,29,30,31). The predicted molar refractivity (Wildman–Crippen MR) is 145 cm³/mol. The monoisotopic (exact) mass is 510 g/mol. The van der Waals surface area contributed by atoms with Crippen molar-refractivity contribution in [3.05, 3.63) is 47.1 Å². The fraction of sp³-hybridized carbons (Fsp3) is 0.346. The summed E-state index contributed by atoms with van der Waals surface area (Å²) in [6.07, 6.45) is 3.66. The quantitative estimate of drug-likeness (QED) is 0.417. The molecule has 0 atom stereocenters. The highest BCUT2D eigenvalue weighted by Gasteiger charge is 2.23. The van der Waals surface area contributed by atoms with Gasteiger partial charge in [-0.25, -0.2) is 4.98 Å². The van der Waals surface area contributed by atoms with E-state index in [0.717, 1.165) is 35.5 Å². The Morgan fingerprint density at radius 1 is 1.06 bits per heavy atom. The van der Waals surface area contributed by atoms with Crippen LogP contribution in [0.3, 0.4) is 0 Å². The molecule has 0 unspecified atom stereocenters. The van der Waals surface area contributed by atoms with Crippen molar-refractivity contribution in [2.24, 2.45) is 0 Å². The molecule has 9 nitrogen and oxygen atoms in total. The molecule has 1 amide bonds. The van der Waals surface area contributed by atoms with Gasteiger partial charge in [-0.15, -0.1) is 0 Å². The molecule has 2 N–H and O–H groups in total. The van der Waals surface area contributed by atoms with Gasteiger partial charge in [-0.05, 0) is 43.5 Å². The van der Waals surface area contributed by atoms with E-state index in [-0.39, 0.29) is 5.91 Å². The lowest BCUT2D eigenvalue weighted by Gasteiger charge is -2.23. The number of amides is 1. The number of benzene rings is 2. The highest BCUT2D eigenvalue weighted by molar-refractivity contribution is 6.33. The van der Waals surface area contributed by atoms with E-state index >= 15 is 0 Å². The van der Waals surface area contributed by atoms with Gasteiger partial charge in [0.05, 0.1) is 37.5 Å². The van der Waals surface area contributed by atoms with E-state index in [1.807, 2.05) is 61.2 Å². The van der Waals surface area contributed by atoms with E-state index in [9.17, 15) is 4.79 Å². The molecule has 1 aliphatic rings. The highest BCUT2D eigenvalue weighted by Crippen LogP contribution is 2.38. The molecule has 4 rings (SSSR count). The number of halogens is 1. The average Bonchev–Trinajstić information content (AvgIpc) is 3.02. The normalized spacial score (nSPS) is 13.1. The number of carbonyl (C=O) groups excluding carboxylic acids is 1. The first kappa shape index (κ1) is 25.4. The molecule has 0 aliphatic carbocycles. The van der Waals surface area contributed by atoms with Gasteiger partial charge < -0.3 is 29.9 Å². The zero-order valence-electron chi connectivity index (χ0n) is 21.2. The largest absolute Gasteiger partial charge is 0.494 e. The number of nitrogens with one attached hydrogen (secondary N) is 2. The number of hydrogen-bond acceptors (Lipinski definition) is 8. The Bertz CT molecular complexity index is 1270. The molecule has 190 valence electrons. The van der Waals surface area contributed by atoms with Gasteiger partial charge in [-0.3, -0.25) is 4.79 Å². The Balaban J connectivity index is 1.65. The van der Waals surface area contributed by atoms with Crippen molar-refractivity contribution in [2.75, 3.05) is 55.3 Å². The van der Waals surface area contributed by atoms with Crippen LogP contribution in [-0.2, 0) is 11.2 Å². The van der Waals surface area contributed by atoms with Crippen molar-refractivity contribution in [3.8, 4) is 11.5 Å². The van der Waals surface area contributed by atoms with Gasteiger partial charge >= 0.3 is 0 Å². The Hall–Kier alpha value is -3.72. The minimum atomic E-state index is 0.129. The predicted octanol–water partition coefficient (Wildman–Crippen LogP) is 5.39. The lowest BCUT2D eigenvalue weighted by molar-refractivity contribution is -0.118. The molecule has 2 aromatic carbocycles. The van der Waals surface area contributed by atoms with Crippen LogP contribution in [0.4, 0.5) is 34.5 Å². The maximum Gasteiger partial charge on any atom is 0.229 e. The molecule has 2 heterocycles. The summed E-state index contributed by atoms with van der Waals surface area (Å²) in [5, 5.41) is 6.87. The van der Waals surface area contributed by atoms with E-state index in [1.165, 1.54) is 6.20 Å².